The molecule has 5 heteroatoms. The predicted octanol–water partition coefficient (Wildman–Crippen LogP) is 1.34. The van der Waals surface area contributed by atoms with E-state index in [1.165, 1.54) is 0 Å². The summed E-state index contributed by atoms with van der Waals surface area (Å²) in [4.78, 5) is 0. The highest BCUT2D eigenvalue weighted by molar-refractivity contribution is 7.99. The molecule has 0 radical (unpaired) electrons. The van der Waals surface area contributed by atoms with Crippen LogP contribution in [0, 0.1) is 5.41 Å². The Balaban J connectivity index is 2.18. The van der Waals surface area contributed by atoms with E-state index in [-0.39, 0.29) is 5.41 Å². The van der Waals surface area contributed by atoms with Crippen LogP contribution in [0.25, 0.3) is 0 Å². The van der Waals surface area contributed by atoms with Crippen LogP contribution < -0.4 is 5.43 Å². The molecular weight excluding hydrogens is 184 g/mol. The number of nitrogens with one attached hydrogen (secondary N) is 1. The molecule has 1 aliphatic heterocycles. The van der Waals surface area contributed by atoms with E-state index in [4.69, 9.17) is 0 Å². The topological polar surface area (TPSA) is 42.7 Å². The normalized spacial score (nSPS) is 22.2. The fourth-order valence-electron chi connectivity index (χ4n) is 1.22. The van der Waals surface area contributed by atoms with E-state index < -0.39 is 0 Å². The molecule has 1 aromatic rings. The molecule has 0 aromatic carbocycles. The van der Waals surface area contributed by atoms with Crippen LogP contribution in [0.5, 0.6) is 0 Å². The minimum Gasteiger partial charge on any atom is -0.318 e. The third-order valence-corrected chi connectivity index (χ3v) is 3.27. The summed E-state index contributed by atoms with van der Waals surface area (Å²) in [6, 6.07) is 0.473. The monoisotopic (exact) mass is 198 g/mol. The van der Waals surface area contributed by atoms with E-state index >= 15 is 0 Å². The van der Waals surface area contributed by atoms with Crippen molar-refractivity contribution in [3.8, 4) is 0 Å². The van der Waals surface area contributed by atoms with Gasteiger partial charge < -0.3 is 5.43 Å². The van der Waals surface area contributed by atoms with Crippen molar-refractivity contribution in [2.24, 2.45) is 5.41 Å². The van der Waals surface area contributed by atoms with Crippen LogP contribution in [0.3, 0.4) is 0 Å². The largest absolute Gasteiger partial charge is 0.318 e. The molecule has 72 valence electrons. The Labute approximate surface area is 82.1 Å². The van der Waals surface area contributed by atoms with Crippen LogP contribution in [-0.4, -0.2) is 26.7 Å². The molecule has 0 bridgehead atoms. The van der Waals surface area contributed by atoms with E-state index in [2.05, 4.69) is 36.4 Å². The van der Waals surface area contributed by atoms with E-state index in [1.807, 2.05) is 4.68 Å². The highest BCUT2D eigenvalue weighted by Crippen LogP contribution is 2.29. The highest BCUT2D eigenvalue weighted by atomic mass is 32.2. The third kappa shape index (κ3) is 1.65. The Bertz CT molecular complexity index is 301. The highest BCUT2D eigenvalue weighted by Gasteiger charge is 2.29. The molecule has 1 aromatic heterocycles. The van der Waals surface area contributed by atoms with Gasteiger partial charge in [0.25, 0.3) is 0 Å². The first-order valence-corrected chi connectivity index (χ1v) is 5.35. The molecule has 13 heavy (non-hydrogen) atoms. The van der Waals surface area contributed by atoms with Gasteiger partial charge in [-0.3, -0.25) is 0 Å². The van der Waals surface area contributed by atoms with Crippen molar-refractivity contribution >= 4 is 11.8 Å². The van der Waals surface area contributed by atoms with E-state index in [0.717, 1.165) is 10.9 Å². The molecule has 0 amide bonds. The van der Waals surface area contributed by atoms with Crippen molar-refractivity contribution in [1.82, 2.24) is 14.9 Å². The minimum absolute atomic E-state index is 0.273. The zero-order chi connectivity index (χ0) is 9.47. The fourth-order valence-corrected chi connectivity index (χ4v) is 2.45. The molecule has 2 rings (SSSR count). The Kier molecular flexibility index (Phi) is 1.98. The maximum absolute atomic E-state index is 3.99. The van der Waals surface area contributed by atoms with Crippen molar-refractivity contribution < 1.29 is 0 Å². The number of thioether (sulfide) groups is 1. The molecule has 0 fully saturated rings. The van der Waals surface area contributed by atoms with Gasteiger partial charge in [0.2, 0.25) is 5.16 Å². The van der Waals surface area contributed by atoms with Crippen LogP contribution in [0.2, 0.25) is 0 Å². The molecular formula is C8H14N4S. The fraction of sp³-hybridized carbons (Fsp3) is 0.750. The lowest BCUT2D eigenvalue weighted by Gasteiger charge is -2.34. The van der Waals surface area contributed by atoms with Crippen molar-refractivity contribution in [3.05, 3.63) is 6.33 Å². The van der Waals surface area contributed by atoms with Crippen molar-refractivity contribution in [2.45, 2.75) is 32.0 Å². The van der Waals surface area contributed by atoms with Crippen molar-refractivity contribution in [2.75, 3.05) is 11.2 Å². The van der Waals surface area contributed by atoms with Crippen LogP contribution in [0.15, 0.2) is 11.5 Å². The molecule has 0 saturated carbocycles. The number of hydrogen-bond donors (Lipinski definition) is 1. The average molecular weight is 198 g/mol. The smallest absolute Gasteiger partial charge is 0.209 e. The SMILES string of the molecule is CC(C)(C)C1CSc2nncn2N1. The lowest BCUT2D eigenvalue weighted by molar-refractivity contribution is 0.337. The standard InChI is InChI=1S/C8H14N4S/c1-8(2,3)6-4-13-7-10-9-5-12(7)11-6/h5-6,11H,4H2,1-3H3. The Hall–Kier alpha value is -0.710. The van der Waals surface area contributed by atoms with Gasteiger partial charge in [-0.2, -0.15) is 0 Å². The Morgan fingerprint density at radius 2 is 2.38 bits per heavy atom. The summed E-state index contributed by atoms with van der Waals surface area (Å²) in [6.07, 6.45) is 1.72. The summed E-state index contributed by atoms with van der Waals surface area (Å²) >= 11 is 1.76. The summed E-state index contributed by atoms with van der Waals surface area (Å²) in [5.41, 5.74) is 3.66. The second-order valence-electron chi connectivity index (χ2n) is 4.34. The summed E-state index contributed by atoms with van der Waals surface area (Å²) in [5, 5.41) is 8.80. The lowest BCUT2D eigenvalue weighted by Crippen LogP contribution is -2.43. The number of aromatic nitrogens is 3. The summed E-state index contributed by atoms with van der Waals surface area (Å²) in [6.45, 7) is 6.71. The molecule has 4 nitrogen and oxygen atoms in total. The molecule has 2 heterocycles. The van der Waals surface area contributed by atoms with E-state index in [9.17, 15) is 0 Å². The van der Waals surface area contributed by atoms with Crippen molar-refractivity contribution in [3.63, 3.8) is 0 Å². The van der Waals surface area contributed by atoms with Crippen LogP contribution in [-0.2, 0) is 0 Å². The second-order valence-corrected chi connectivity index (χ2v) is 5.33. The van der Waals surface area contributed by atoms with Gasteiger partial charge in [0, 0.05) is 5.75 Å². The molecule has 0 spiro atoms. The zero-order valence-electron chi connectivity index (χ0n) is 8.11. The first-order chi connectivity index (χ1) is 6.07. The van der Waals surface area contributed by atoms with Gasteiger partial charge in [-0.1, -0.05) is 32.5 Å². The van der Waals surface area contributed by atoms with Crippen LogP contribution in [0.1, 0.15) is 20.8 Å². The second kappa shape index (κ2) is 2.90. The number of hydrogen-bond acceptors (Lipinski definition) is 4. The number of fused-ring (bicyclic) bond motifs is 1. The van der Waals surface area contributed by atoms with Crippen LogP contribution in [0.4, 0.5) is 0 Å². The number of nitrogens with zero attached hydrogens (tertiary/aromatic N) is 3. The quantitative estimate of drug-likeness (QED) is 0.683. The average Bonchev–Trinajstić information content (AvgIpc) is 2.47. The first-order valence-electron chi connectivity index (χ1n) is 4.37. The summed E-state index contributed by atoms with van der Waals surface area (Å²) in [7, 11) is 0. The van der Waals surface area contributed by atoms with Gasteiger partial charge in [-0.15, -0.1) is 10.2 Å². The molecule has 1 atom stereocenters. The molecule has 1 N–H and O–H groups in total. The molecule has 1 unspecified atom stereocenters. The predicted molar refractivity (Wildman–Crippen MR) is 53.3 cm³/mol. The summed E-state index contributed by atoms with van der Waals surface area (Å²) < 4.78 is 1.91. The van der Waals surface area contributed by atoms with E-state index in [1.54, 1.807) is 18.1 Å². The van der Waals surface area contributed by atoms with Gasteiger partial charge in [0.1, 0.15) is 6.33 Å². The molecule has 0 saturated heterocycles. The summed E-state index contributed by atoms with van der Waals surface area (Å²) in [5.74, 6) is 1.06. The van der Waals surface area contributed by atoms with Gasteiger partial charge in [-0.25, -0.2) is 4.68 Å². The molecule has 1 aliphatic rings. The third-order valence-electron chi connectivity index (χ3n) is 2.24. The maximum atomic E-state index is 3.99. The minimum atomic E-state index is 0.273. The van der Waals surface area contributed by atoms with Gasteiger partial charge >= 0.3 is 0 Å². The Morgan fingerprint density at radius 1 is 1.62 bits per heavy atom. The first kappa shape index (κ1) is 8.87. The number of rotatable bonds is 0. The Morgan fingerprint density at radius 3 is 3.08 bits per heavy atom. The van der Waals surface area contributed by atoms with Crippen LogP contribution >= 0.6 is 11.8 Å². The molecule has 0 aliphatic carbocycles. The van der Waals surface area contributed by atoms with Crippen molar-refractivity contribution in [1.29, 1.82) is 0 Å². The zero-order valence-corrected chi connectivity index (χ0v) is 8.93. The van der Waals surface area contributed by atoms with Gasteiger partial charge in [0.15, 0.2) is 0 Å². The maximum Gasteiger partial charge on any atom is 0.209 e. The lowest BCUT2D eigenvalue weighted by atomic mass is 9.88. The van der Waals surface area contributed by atoms with Gasteiger partial charge in [-0.05, 0) is 5.41 Å². The van der Waals surface area contributed by atoms with E-state index in [0.29, 0.717) is 6.04 Å². The van der Waals surface area contributed by atoms with Gasteiger partial charge in [0.05, 0.1) is 6.04 Å².